The van der Waals surface area contributed by atoms with Gasteiger partial charge in [0.1, 0.15) is 5.69 Å². The maximum atomic E-state index is 11.9. The summed E-state index contributed by atoms with van der Waals surface area (Å²) in [6.45, 7) is 2.31. The average molecular weight is 276 g/mol. The minimum Gasteiger partial charge on any atom is -0.481 e. The molecule has 1 heterocycles. The van der Waals surface area contributed by atoms with E-state index in [9.17, 15) is 14.7 Å². The minimum atomic E-state index is -0.822. The third-order valence-corrected chi connectivity index (χ3v) is 4.17. The van der Waals surface area contributed by atoms with E-state index in [2.05, 4.69) is 17.2 Å². The van der Waals surface area contributed by atoms with Crippen molar-refractivity contribution in [1.82, 2.24) is 10.3 Å². The van der Waals surface area contributed by atoms with E-state index in [0.717, 1.165) is 12.8 Å². The fraction of sp³-hybridized carbons (Fsp3) is 0.533. The van der Waals surface area contributed by atoms with Crippen LogP contribution in [0.4, 0.5) is 0 Å². The van der Waals surface area contributed by atoms with Gasteiger partial charge in [0.05, 0.1) is 5.41 Å². The van der Waals surface area contributed by atoms with E-state index < -0.39 is 11.4 Å². The summed E-state index contributed by atoms with van der Waals surface area (Å²) < 4.78 is 0. The van der Waals surface area contributed by atoms with Crippen LogP contribution in [0, 0.1) is 11.3 Å². The molecule has 1 aliphatic carbocycles. The van der Waals surface area contributed by atoms with Crippen LogP contribution in [-0.2, 0) is 4.79 Å². The largest absolute Gasteiger partial charge is 0.481 e. The van der Waals surface area contributed by atoms with Crippen molar-refractivity contribution >= 4 is 11.9 Å². The van der Waals surface area contributed by atoms with Gasteiger partial charge in [-0.15, -0.1) is 0 Å². The predicted molar refractivity (Wildman–Crippen MR) is 74.3 cm³/mol. The third kappa shape index (κ3) is 3.15. The average Bonchev–Trinajstić information content (AvgIpc) is 2.47. The van der Waals surface area contributed by atoms with Crippen molar-refractivity contribution in [3.05, 3.63) is 30.1 Å². The minimum absolute atomic E-state index is 0.171. The number of aliphatic carboxylic acids is 1. The molecular weight excluding hydrogens is 256 g/mol. The Balaban J connectivity index is 2.00. The molecule has 1 aromatic rings. The van der Waals surface area contributed by atoms with Crippen LogP contribution in [-0.4, -0.2) is 28.5 Å². The first kappa shape index (κ1) is 14.5. The molecule has 2 rings (SSSR count). The number of aromatic nitrogens is 1. The quantitative estimate of drug-likeness (QED) is 0.882. The number of amides is 1. The molecule has 2 N–H and O–H groups in total. The molecule has 1 saturated carbocycles. The van der Waals surface area contributed by atoms with Gasteiger partial charge in [-0.25, -0.2) is 0 Å². The lowest BCUT2D eigenvalue weighted by Gasteiger charge is -2.35. The van der Waals surface area contributed by atoms with Crippen LogP contribution in [0.3, 0.4) is 0 Å². The number of hydrogen-bond donors (Lipinski definition) is 2. The molecule has 5 heteroatoms. The highest BCUT2D eigenvalue weighted by Gasteiger charge is 2.41. The van der Waals surface area contributed by atoms with E-state index in [1.165, 1.54) is 0 Å². The number of carbonyl (C=O) groups excluding carboxylic acids is 1. The lowest BCUT2D eigenvalue weighted by molar-refractivity contribution is -0.151. The number of carbonyl (C=O) groups is 2. The third-order valence-electron chi connectivity index (χ3n) is 4.17. The number of carboxylic acid groups (broad SMARTS) is 1. The summed E-state index contributed by atoms with van der Waals surface area (Å²) in [4.78, 5) is 27.5. The fourth-order valence-corrected chi connectivity index (χ4v) is 2.62. The Morgan fingerprint density at radius 1 is 1.40 bits per heavy atom. The van der Waals surface area contributed by atoms with Crippen LogP contribution in [0.15, 0.2) is 24.4 Å². The van der Waals surface area contributed by atoms with Gasteiger partial charge >= 0.3 is 5.97 Å². The smallest absolute Gasteiger partial charge is 0.311 e. The summed E-state index contributed by atoms with van der Waals surface area (Å²) in [6, 6.07) is 5.08. The summed E-state index contributed by atoms with van der Waals surface area (Å²) in [5.74, 6) is -0.565. The van der Waals surface area contributed by atoms with Gasteiger partial charge in [-0.3, -0.25) is 14.6 Å². The Morgan fingerprint density at radius 3 is 2.65 bits per heavy atom. The van der Waals surface area contributed by atoms with E-state index >= 15 is 0 Å². The first-order valence-electron chi connectivity index (χ1n) is 6.96. The monoisotopic (exact) mass is 276 g/mol. The Bertz CT molecular complexity index is 479. The number of nitrogens with zero attached hydrogens (tertiary/aromatic N) is 1. The molecule has 0 aromatic carbocycles. The molecule has 20 heavy (non-hydrogen) atoms. The van der Waals surface area contributed by atoms with E-state index in [0.29, 0.717) is 24.5 Å². The highest BCUT2D eigenvalue weighted by atomic mass is 16.4. The molecule has 5 nitrogen and oxygen atoms in total. The van der Waals surface area contributed by atoms with Crippen LogP contribution >= 0.6 is 0 Å². The summed E-state index contributed by atoms with van der Waals surface area (Å²) in [5.41, 5.74) is -0.506. The number of hydrogen-bond acceptors (Lipinski definition) is 3. The van der Waals surface area contributed by atoms with Gasteiger partial charge in [0.25, 0.3) is 5.91 Å². The Kier molecular flexibility index (Phi) is 4.37. The standard InChI is InChI=1S/C15H20N2O3/c1-11-5-7-15(8-6-11,14(19)20)10-17-13(18)12-4-2-3-9-16-12/h2-4,9,11H,5-8,10H2,1H3,(H,17,18)(H,19,20). The van der Waals surface area contributed by atoms with Crippen molar-refractivity contribution in [1.29, 1.82) is 0 Å². The highest BCUT2D eigenvalue weighted by molar-refractivity contribution is 5.92. The van der Waals surface area contributed by atoms with Crippen molar-refractivity contribution in [3.8, 4) is 0 Å². The second kappa shape index (κ2) is 6.03. The van der Waals surface area contributed by atoms with E-state index in [-0.39, 0.29) is 12.5 Å². The summed E-state index contributed by atoms with van der Waals surface area (Å²) in [6.07, 6.45) is 4.57. The zero-order valence-corrected chi connectivity index (χ0v) is 11.6. The van der Waals surface area contributed by atoms with Gasteiger partial charge in [-0.1, -0.05) is 13.0 Å². The highest BCUT2D eigenvalue weighted by Crippen LogP contribution is 2.38. The normalized spacial score (nSPS) is 25.9. The molecule has 108 valence electrons. The van der Waals surface area contributed by atoms with Gasteiger partial charge in [0, 0.05) is 12.7 Å². The zero-order chi connectivity index (χ0) is 14.6. The SMILES string of the molecule is CC1CCC(CNC(=O)c2ccccn2)(C(=O)O)CC1. The molecule has 0 radical (unpaired) electrons. The maximum absolute atomic E-state index is 11.9. The Hall–Kier alpha value is -1.91. The fourth-order valence-electron chi connectivity index (χ4n) is 2.62. The Labute approximate surface area is 118 Å². The van der Waals surface area contributed by atoms with Crippen LogP contribution in [0.2, 0.25) is 0 Å². The van der Waals surface area contributed by atoms with Gasteiger partial charge in [-0.2, -0.15) is 0 Å². The molecule has 0 bridgehead atoms. The van der Waals surface area contributed by atoms with Gasteiger partial charge in [-0.05, 0) is 43.7 Å². The van der Waals surface area contributed by atoms with Gasteiger partial charge in [0.15, 0.2) is 0 Å². The molecule has 1 aromatic heterocycles. The van der Waals surface area contributed by atoms with Gasteiger partial charge in [0.2, 0.25) is 0 Å². The number of pyridine rings is 1. The molecule has 1 fully saturated rings. The first-order valence-corrected chi connectivity index (χ1v) is 6.96. The van der Waals surface area contributed by atoms with Crippen LogP contribution in [0.25, 0.3) is 0 Å². The van der Waals surface area contributed by atoms with Crippen LogP contribution < -0.4 is 5.32 Å². The van der Waals surface area contributed by atoms with Crippen molar-refractivity contribution in [2.45, 2.75) is 32.6 Å². The second-order valence-corrected chi connectivity index (χ2v) is 5.67. The molecular formula is C15H20N2O3. The lowest BCUT2D eigenvalue weighted by atomic mass is 9.71. The van der Waals surface area contributed by atoms with Gasteiger partial charge < -0.3 is 10.4 Å². The van der Waals surface area contributed by atoms with Crippen molar-refractivity contribution < 1.29 is 14.7 Å². The van der Waals surface area contributed by atoms with E-state index in [1.807, 2.05) is 0 Å². The molecule has 0 atom stereocenters. The molecule has 0 saturated heterocycles. The molecule has 0 unspecified atom stereocenters. The second-order valence-electron chi connectivity index (χ2n) is 5.67. The van der Waals surface area contributed by atoms with Crippen LogP contribution in [0.5, 0.6) is 0 Å². The topological polar surface area (TPSA) is 79.3 Å². The summed E-state index contributed by atoms with van der Waals surface area (Å²) in [5, 5.41) is 12.2. The van der Waals surface area contributed by atoms with Crippen molar-refractivity contribution in [2.24, 2.45) is 11.3 Å². The molecule has 0 aliphatic heterocycles. The van der Waals surface area contributed by atoms with Crippen molar-refractivity contribution in [3.63, 3.8) is 0 Å². The zero-order valence-electron chi connectivity index (χ0n) is 11.6. The maximum Gasteiger partial charge on any atom is 0.311 e. The molecule has 0 spiro atoms. The Morgan fingerprint density at radius 2 is 2.10 bits per heavy atom. The van der Waals surface area contributed by atoms with Crippen LogP contribution in [0.1, 0.15) is 43.1 Å². The van der Waals surface area contributed by atoms with E-state index in [4.69, 9.17) is 0 Å². The summed E-state index contributed by atoms with van der Waals surface area (Å²) >= 11 is 0. The van der Waals surface area contributed by atoms with E-state index in [1.54, 1.807) is 24.4 Å². The number of carboxylic acids is 1. The predicted octanol–water partition coefficient (Wildman–Crippen LogP) is 2.09. The lowest BCUT2D eigenvalue weighted by Crippen LogP contribution is -2.45. The number of nitrogens with one attached hydrogen (secondary N) is 1. The molecule has 1 aliphatic rings. The first-order chi connectivity index (χ1) is 9.53. The van der Waals surface area contributed by atoms with Crippen molar-refractivity contribution in [2.75, 3.05) is 6.54 Å². The molecule has 1 amide bonds. The summed E-state index contributed by atoms with van der Waals surface area (Å²) in [7, 11) is 0. The number of rotatable bonds is 4.